The van der Waals surface area contributed by atoms with E-state index >= 15 is 0 Å². The average molecular weight is 244 g/mol. The van der Waals surface area contributed by atoms with Gasteiger partial charge in [0.2, 0.25) is 0 Å². The quantitative estimate of drug-likeness (QED) is 0.836. The Morgan fingerprint density at radius 3 is 2.89 bits per heavy atom. The Morgan fingerprint density at radius 2 is 2.22 bits per heavy atom. The zero-order valence-corrected chi connectivity index (χ0v) is 10.6. The Hall–Kier alpha value is -1.37. The molecule has 1 aliphatic heterocycles. The van der Waals surface area contributed by atoms with E-state index in [1.54, 1.807) is 0 Å². The van der Waals surface area contributed by atoms with Gasteiger partial charge in [-0.2, -0.15) is 5.26 Å². The van der Waals surface area contributed by atoms with Crippen molar-refractivity contribution in [3.8, 4) is 6.07 Å². The predicted octanol–water partition coefficient (Wildman–Crippen LogP) is 2.66. The molecular weight excluding hydrogens is 224 g/mol. The smallest absolute Gasteiger partial charge is 0.0641 e. The summed E-state index contributed by atoms with van der Waals surface area (Å²) in [4.78, 5) is 0. The third-order valence-electron chi connectivity index (χ3n) is 3.46. The molecule has 0 radical (unpaired) electrons. The van der Waals surface area contributed by atoms with Crippen LogP contribution in [0.5, 0.6) is 0 Å². The van der Waals surface area contributed by atoms with Crippen LogP contribution in [0.15, 0.2) is 30.3 Å². The lowest BCUT2D eigenvalue weighted by atomic mass is 10.0. The minimum atomic E-state index is 0.151. The van der Waals surface area contributed by atoms with Gasteiger partial charge in [0.25, 0.3) is 0 Å². The second kappa shape index (κ2) is 7.15. The summed E-state index contributed by atoms with van der Waals surface area (Å²) >= 11 is 0. The molecular formula is C15H20N2O. The molecule has 0 amide bonds. The Kier molecular flexibility index (Phi) is 5.19. The summed E-state index contributed by atoms with van der Waals surface area (Å²) in [7, 11) is 0. The molecule has 1 aliphatic rings. The van der Waals surface area contributed by atoms with Crippen molar-refractivity contribution in [3.05, 3.63) is 35.9 Å². The lowest BCUT2D eigenvalue weighted by Crippen LogP contribution is -2.24. The molecule has 18 heavy (non-hydrogen) atoms. The molecule has 2 rings (SSSR count). The highest BCUT2D eigenvalue weighted by atomic mass is 16.5. The number of nitriles is 1. The van der Waals surface area contributed by atoms with E-state index in [0.29, 0.717) is 12.3 Å². The molecule has 0 aliphatic carbocycles. The summed E-state index contributed by atoms with van der Waals surface area (Å²) in [6.45, 7) is 2.76. The lowest BCUT2D eigenvalue weighted by Gasteiger charge is -2.17. The van der Waals surface area contributed by atoms with Crippen molar-refractivity contribution >= 4 is 0 Å². The fraction of sp³-hybridized carbons (Fsp3) is 0.533. The first-order chi connectivity index (χ1) is 8.90. The summed E-state index contributed by atoms with van der Waals surface area (Å²) in [6.07, 6.45) is 2.83. The Labute approximate surface area is 109 Å². The van der Waals surface area contributed by atoms with E-state index in [4.69, 9.17) is 10.00 Å². The van der Waals surface area contributed by atoms with Crippen molar-refractivity contribution in [1.29, 1.82) is 5.26 Å². The zero-order chi connectivity index (χ0) is 12.6. The lowest BCUT2D eigenvalue weighted by molar-refractivity contribution is 0.184. The number of ether oxygens (including phenoxy) is 1. The molecule has 1 fully saturated rings. The van der Waals surface area contributed by atoms with Gasteiger partial charge in [0.1, 0.15) is 0 Å². The van der Waals surface area contributed by atoms with Gasteiger partial charge in [0.05, 0.1) is 12.5 Å². The van der Waals surface area contributed by atoms with Crippen LogP contribution in [-0.4, -0.2) is 19.8 Å². The van der Waals surface area contributed by atoms with Gasteiger partial charge in [-0.3, -0.25) is 0 Å². The van der Waals surface area contributed by atoms with E-state index < -0.39 is 0 Å². The molecule has 0 saturated carbocycles. The third-order valence-corrected chi connectivity index (χ3v) is 3.46. The SMILES string of the molecule is N#CCC(NCCC1CCOC1)c1ccccc1. The maximum absolute atomic E-state index is 8.90. The van der Waals surface area contributed by atoms with Crippen LogP contribution in [0.25, 0.3) is 0 Å². The van der Waals surface area contributed by atoms with Gasteiger partial charge in [-0.25, -0.2) is 0 Å². The second-order valence-corrected chi connectivity index (χ2v) is 4.80. The Morgan fingerprint density at radius 1 is 1.39 bits per heavy atom. The van der Waals surface area contributed by atoms with Crippen LogP contribution in [0.4, 0.5) is 0 Å². The summed E-state index contributed by atoms with van der Waals surface area (Å²) in [5, 5.41) is 12.4. The van der Waals surface area contributed by atoms with Crippen molar-refractivity contribution < 1.29 is 4.74 Å². The number of rotatable bonds is 6. The summed E-state index contributed by atoms with van der Waals surface area (Å²) in [5.74, 6) is 0.691. The van der Waals surface area contributed by atoms with E-state index in [1.807, 2.05) is 18.2 Å². The molecule has 1 N–H and O–H groups in total. The van der Waals surface area contributed by atoms with Crippen molar-refractivity contribution in [2.24, 2.45) is 5.92 Å². The Bertz CT molecular complexity index is 379. The normalized spacial score (nSPS) is 20.5. The summed E-state index contributed by atoms with van der Waals surface area (Å²) in [6, 6.07) is 12.6. The standard InChI is InChI=1S/C15H20N2O/c16-9-6-15(14-4-2-1-3-5-14)17-10-7-13-8-11-18-12-13/h1-5,13,15,17H,6-8,10-12H2. The molecule has 1 aromatic carbocycles. The number of benzene rings is 1. The van der Waals surface area contributed by atoms with Crippen molar-refractivity contribution in [1.82, 2.24) is 5.32 Å². The van der Waals surface area contributed by atoms with Gasteiger partial charge >= 0.3 is 0 Å². The fourth-order valence-electron chi connectivity index (χ4n) is 2.36. The molecule has 96 valence electrons. The van der Waals surface area contributed by atoms with Gasteiger partial charge in [-0.1, -0.05) is 30.3 Å². The highest BCUT2D eigenvalue weighted by Crippen LogP contribution is 2.18. The minimum absolute atomic E-state index is 0.151. The largest absolute Gasteiger partial charge is 0.381 e. The molecule has 2 unspecified atom stereocenters. The minimum Gasteiger partial charge on any atom is -0.381 e. The molecule has 3 nitrogen and oxygen atoms in total. The number of hydrogen-bond donors (Lipinski definition) is 1. The average Bonchev–Trinajstić information content (AvgIpc) is 2.92. The first kappa shape index (κ1) is 13.1. The monoisotopic (exact) mass is 244 g/mol. The molecule has 1 heterocycles. The van der Waals surface area contributed by atoms with Crippen LogP contribution < -0.4 is 5.32 Å². The molecule has 0 aromatic heterocycles. The first-order valence-electron chi connectivity index (χ1n) is 6.63. The van der Waals surface area contributed by atoms with Gasteiger partial charge in [0, 0.05) is 19.3 Å². The Balaban J connectivity index is 1.81. The molecule has 0 bridgehead atoms. The number of hydrogen-bond acceptors (Lipinski definition) is 3. The van der Waals surface area contributed by atoms with Crippen LogP contribution in [0.3, 0.4) is 0 Å². The highest BCUT2D eigenvalue weighted by Gasteiger charge is 2.16. The summed E-state index contributed by atoms with van der Waals surface area (Å²) < 4.78 is 5.37. The van der Waals surface area contributed by atoms with E-state index in [1.165, 1.54) is 12.0 Å². The fourth-order valence-corrected chi connectivity index (χ4v) is 2.36. The zero-order valence-electron chi connectivity index (χ0n) is 10.6. The molecule has 1 saturated heterocycles. The summed E-state index contributed by atoms with van der Waals surface area (Å²) in [5.41, 5.74) is 1.20. The molecule has 2 atom stereocenters. The van der Waals surface area contributed by atoms with Crippen LogP contribution in [-0.2, 0) is 4.74 Å². The molecule has 3 heteroatoms. The predicted molar refractivity (Wildman–Crippen MR) is 71.0 cm³/mol. The van der Waals surface area contributed by atoms with E-state index in [-0.39, 0.29) is 6.04 Å². The van der Waals surface area contributed by atoms with Crippen molar-refractivity contribution in [2.45, 2.75) is 25.3 Å². The molecule has 0 spiro atoms. The van der Waals surface area contributed by atoms with Crippen LogP contribution in [0.1, 0.15) is 30.9 Å². The van der Waals surface area contributed by atoms with E-state index in [9.17, 15) is 0 Å². The maximum atomic E-state index is 8.90. The van der Waals surface area contributed by atoms with Crippen molar-refractivity contribution in [3.63, 3.8) is 0 Å². The number of nitrogens with one attached hydrogen (secondary N) is 1. The first-order valence-corrected chi connectivity index (χ1v) is 6.63. The third kappa shape index (κ3) is 3.83. The van der Waals surface area contributed by atoms with Gasteiger partial charge in [-0.05, 0) is 30.9 Å². The molecule has 1 aromatic rings. The van der Waals surface area contributed by atoms with Crippen LogP contribution in [0, 0.1) is 17.2 Å². The maximum Gasteiger partial charge on any atom is 0.0641 e. The number of nitrogens with zero attached hydrogens (tertiary/aromatic N) is 1. The van der Waals surface area contributed by atoms with Crippen LogP contribution >= 0.6 is 0 Å². The highest BCUT2D eigenvalue weighted by molar-refractivity contribution is 5.19. The van der Waals surface area contributed by atoms with E-state index in [2.05, 4.69) is 23.5 Å². The van der Waals surface area contributed by atoms with Crippen molar-refractivity contribution in [2.75, 3.05) is 19.8 Å². The van der Waals surface area contributed by atoms with Gasteiger partial charge < -0.3 is 10.1 Å². The second-order valence-electron chi connectivity index (χ2n) is 4.80. The van der Waals surface area contributed by atoms with E-state index in [0.717, 1.165) is 26.2 Å². The van der Waals surface area contributed by atoms with Gasteiger partial charge in [-0.15, -0.1) is 0 Å². The van der Waals surface area contributed by atoms with Gasteiger partial charge in [0.15, 0.2) is 0 Å². The van der Waals surface area contributed by atoms with Crippen LogP contribution in [0.2, 0.25) is 0 Å². The topological polar surface area (TPSA) is 45.0 Å².